The van der Waals surface area contributed by atoms with Crippen LogP contribution >= 0.6 is 0 Å². The normalized spacial score (nSPS) is 12.8. The highest BCUT2D eigenvalue weighted by Crippen LogP contribution is 2.21. The summed E-state index contributed by atoms with van der Waals surface area (Å²) in [6.45, 7) is 0.0883. The van der Waals surface area contributed by atoms with Gasteiger partial charge in [-0.05, 0) is 40.6 Å². The van der Waals surface area contributed by atoms with Crippen molar-refractivity contribution in [2.45, 2.75) is 6.54 Å². The van der Waals surface area contributed by atoms with Crippen molar-refractivity contribution < 1.29 is 13.9 Å². The standard InChI is InChI=1S/C19H13F2N5O3/c20-12-4-10(5-13(21)18(12)27)6-15-19(28)26(16(25-15)7-24-29)8-11-2-1-3-14-17(11)23-9-22-14/h1-7,9,25,27H,8H2,(H,22,23)/b15-6-,16-7-. The van der Waals surface area contributed by atoms with Crippen LogP contribution in [0.25, 0.3) is 23.3 Å². The fourth-order valence-electron chi connectivity index (χ4n) is 3.08. The Bertz CT molecular complexity index is 1390. The molecule has 8 nitrogen and oxygen atoms in total. The SMILES string of the molecule is O=N/C=c1/[nH]/c(=C\c2cc(F)c(O)c(F)c2)c(=O)n1Cc1cccc2[nH]cnc12. The van der Waals surface area contributed by atoms with Crippen molar-refractivity contribution in [3.05, 3.63) is 85.5 Å². The van der Waals surface area contributed by atoms with Crippen LogP contribution in [0.4, 0.5) is 8.78 Å². The second kappa shape index (κ2) is 7.15. The third-order valence-corrected chi connectivity index (χ3v) is 4.42. The van der Waals surface area contributed by atoms with Gasteiger partial charge in [-0.3, -0.25) is 9.36 Å². The first kappa shape index (κ1) is 18.3. The van der Waals surface area contributed by atoms with Gasteiger partial charge >= 0.3 is 0 Å². The number of hydrogen-bond donors (Lipinski definition) is 3. The Kier molecular flexibility index (Phi) is 4.51. The van der Waals surface area contributed by atoms with Crippen molar-refractivity contribution >= 4 is 23.3 Å². The molecule has 3 N–H and O–H groups in total. The van der Waals surface area contributed by atoms with Crippen molar-refractivity contribution in [2.75, 3.05) is 0 Å². The Morgan fingerprint density at radius 2 is 2.00 bits per heavy atom. The Labute approximate surface area is 160 Å². The molecule has 2 aromatic heterocycles. The molecule has 2 aromatic carbocycles. The van der Waals surface area contributed by atoms with E-state index in [1.807, 2.05) is 6.07 Å². The van der Waals surface area contributed by atoms with Crippen molar-refractivity contribution in [2.24, 2.45) is 5.18 Å². The first-order valence-electron chi connectivity index (χ1n) is 8.40. The van der Waals surface area contributed by atoms with E-state index >= 15 is 0 Å². The second-order valence-electron chi connectivity index (χ2n) is 6.24. The molecule has 0 saturated carbocycles. The molecular weight excluding hydrogens is 384 g/mol. The predicted octanol–water partition coefficient (Wildman–Crippen LogP) is 1.42. The summed E-state index contributed by atoms with van der Waals surface area (Å²) < 4.78 is 28.4. The quantitative estimate of drug-likeness (QED) is 0.452. The van der Waals surface area contributed by atoms with Gasteiger partial charge in [0.15, 0.2) is 17.4 Å². The van der Waals surface area contributed by atoms with Crippen LogP contribution in [0, 0.1) is 16.5 Å². The molecule has 0 aliphatic heterocycles. The third kappa shape index (κ3) is 3.31. The maximum atomic E-state index is 13.6. The molecule has 0 bridgehead atoms. The number of aromatic amines is 2. The number of nitroso groups, excluding NO2 is 1. The summed E-state index contributed by atoms with van der Waals surface area (Å²) in [5.74, 6) is -3.42. The van der Waals surface area contributed by atoms with Crippen LogP contribution in [0.5, 0.6) is 5.75 Å². The third-order valence-electron chi connectivity index (χ3n) is 4.42. The summed E-state index contributed by atoms with van der Waals surface area (Å²) in [6, 6.07) is 7.18. The van der Waals surface area contributed by atoms with E-state index < -0.39 is 22.9 Å². The average molecular weight is 397 g/mol. The van der Waals surface area contributed by atoms with E-state index in [0.29, 0.717) is 5.52 Å². The number of H-pyrrole nitrogens is 2. The van der Waals surface area contributed by atoms with E-state index in [1.54, 1.807) is 12.1 Å². The lowest BCUT2D eigenvalue weighted by Gasteiger charge is -2.03. The van der Waals surface area contributed by atoms with Crippen molar-refractivity contribution in [1.29, 1.82) is 0 Å². The molecule has 29 heavy (non-hydrogen) atoms. The number of hydrogen-bond acceptors (Lipinski definition) is 5. The molecule has 0 amide bonds. The van der Waals surface area contributed by atoms with Crippen LogP contribution in [-0.2, 0) is 6.54 Å². The van der Waals surface area contributed by atoms with Crippen LogP contribution in [0.1, 0.15) is 11.1 Å². The highest BCUT2D eigenvalue weighted by Gasteiger charge is 2.11. The molecule has 10 heteroatoms. The zero-order valence-electron chi connectivity index (χ0n) is 14.7. The molecule has 0 radical (unpaired) electrons. The Hall–Kier alpha value is -4.08. The summed E-state index contributed by atoms with van der Waals surface area (Å²) in [4.78, 5) is 33.5. The Morgan fingerprint density at radius 1 is 1.24 bits per heavy atom. The summed E-state index contributed by atoms with van der Waals surface area (Å²) in [7, 11) is 0. The van der Waals surface area contributed by atoms with Crippen molar-refractivity contribution in [3.63, 3.8) is 0 Å². The summed E-state index contributed by atoms with van der Waals surface area (Å²) in [6.07, 6.45) is 3.67. The van der Waals surface area contributed by atoms with E-state index in [-0.39, 0.29) is 22.9 Å². The van der Waals surface area contributed by atoms with Crippen LogP contribution in [0.3, 0.4) is 0 Å². The van der Waals surface area contributed by atoms with Gasteiger partial charge in [-0.1, -0.05) is 12.1 Å². The van der Waals surface area contributed by atoms with E-state index in [9.17, 15) is 23.6 Å². The number of phenols is 1. The molecule has 0 unspecified atom stereocenters. The number of imidazole rings is 2. The lowest BCUT2D eigenvalue weighted by molar-refractivity contribution is 0.396. The number of nitrogens with one attached hydrogen (secondary N) is 2. The van der Waals surface area contributed by atoms with E-state index in [4.69, 9.17) is 0 Å². The highest BCUT2D eigenvalue weighted by molar-refractivity contribution is 5.78. The monoisotopic (exact) mass is 397 g/mol. The molecule has 0 aliphatic rings. The molecule has 0 aliphatic carbocycles. The first-order chi connectivity index (χ1) is 14.0. The largest absolute Gasteiger partial charge is 0.503 e. The second-order valence-corrected chi connectivity index (χ2v) is 6.24. The maximum Gasteiger partial charge on any atom is 0.276 e. The molecule has 4 rings (SSSR count). The van der Waals surface area contributed by atoms with Gasteiger partial charge in [0.25, 0.3) is 5.56 Å². The summed E-state index contributed by atoms with van der Waals surface area (Å²) in [5.41, 5.74) is 1.78. The maximum absolute atomic E-state index is 13.6. The molecule has 0 saturated heterocycles. The van der Waals surface area contributed by atoms with Gasteiger partial charge in [0.1, 0.15) is 17.0 Å². The molecular formula is C19H13F2N5O3. The number of nitrogens with zero attached hydrogens (tertiary/aromatic N) is 3. The number of halogens is 2. The minimum absolute atomic E-state index is 0.0152. The fourth-order valence-corrected chi connectivity index (χ4v) is 3.08. The minimum atomic E-state index is -1.16. The lowest BCUT2D eigenvalue weighted by Crippen LogP contribution is -2.31. The Balaban J connectivity index is 1.87. The number of aromatic nitrogens is 4. The number of para-hydroxylation sites is 1. The molecule has 146 valence electrons. The fraction of sp³-hybridized carbons (Fsp3) is 0.0526. The van der Waals surface area contributed by atoms with Gasteiger partial charge in [-0.25, -0.2) is 13.8 Å². The van der Waals surface area contributed by atoms with Gasteiger partial charge in [0.05, 0.1) is 23.9 Å². The van der Waals surface area contributed by atoms with Crippen LogP contribution < -0.4 is 16.4 Å². The number of rotatable bonds is 4. The number of fused-ring (bicyclic) bond motifs is 1. The van der Waals surface area contributed by atoms with Gasteiger partial charge in [-0.2, -0.15) is 0 Å². The van der Waals surface area contributed by atoms with Gasteiger partial charge in [0.2, 0.25) is 0 Å². The molecule has 2 heterocycles. The van der Waals surface area contributed by atoms with E-state index in [1.165, 1.54) is 17.0 Å². The predicted molar refractivity (Wildman–Crippen MR) is 101 cm³/mol. The molecule has 4 aromatic rings. The zero-order chi connectivity index (χ0) is 20.5. The van der Waals surface area contributed by atoms with E-state index in [2.05, 4.69) is 20.1 Å². The molecule has 0 spiro atoms. The summed E-state index contributed by atoms with van der Waals surface area (Å²) in [5, 5.41) is 11.9. The van der Waals surface area contributed by atoms with Crippen LogP contribution in [-0.4, -0.2) is 24.6 Å². The van der Waals surface area contributed by atoms with Crippen molar-refractivity contribution in [3.8, 4) is 5.75 Å². The number of phenolic OH excluding ortho intramolecular Hbond substituents is 1. The highest BCUT2D eigenvalue weighted by atomic mass is 19.1. The molecule has 0 fully saturated rings. The van der Waals surface area contributed by atoms with E-state index in [0.717, 1.165) is 29.4 Å². The van der Waals surface area contributed by atoms with Gasteiger partial charge < -0.3 is 15.1 Å². The van der Waals surface area contributed by atoms with Crippen LogP contribution in [0.2, 0.25) is 0 Å². The van der Waals surface area contributed by atoms with Crippen molar-refractivity contribution in [1.82, 2.24) is 19.5 Å². The Morgan fingerprint density at radius 3 is 2.72 bits per heavy atom. The molecule has 0 atom stereocenters. The number of benzene rings is 2. The van der Waals surface area contributed by atoms with Crippen LogP contribution in [0.15, 0.2) is 46.6 Å². The smallest absolute Gasteiger partial charge is 0.276 e. The first-order valence-corrected chi connectivity index (χ1v) is 8.40. The van der Waals surface area contributed by atoms with Gasteiger partial charge in [0, 0.05) is 0 Å². The number of aromatic hydroxyl groups is 1. The van der Waals surface area contributed by atoms with Gasteiger partial charge in [-0.15, -0.1) is 4.91 Å². The lowest BCUT2D eigenvalue weighted by atomic mass is 10.2. The minimum Gasteiger partial charge on any atom is -0.503 e. The zero-order valence-corrected chi connectivity index (χ0v) is 14.7. The summed E-state index contributed by atoms with van der Waals surface area (Å²) >= 11 is 0. The topological polar surface area (TPSA) is 116 Å². The average Bonchev–Trinajstić information content (AvgIpc) is 3.28.